The highest BCUT2D eigenvalue weighted by molar-refractivity contribution is 5.80. The zero-order chi connectivity index (χ0) is 20.5. The number of rotatable bonds is 9. The zero-order valence-electron chi connectivity index (χ0n) is 16.4. The number of hydrogen-bond donors (Lipinski definition) is 0. The van der Waals surface area contributed by atoms with Crippen LogP contribution in [0, 0.1) is 10.1 Å². The van der Waals surface area contributed by atoms with Gasteiger partial charge in [0, 0.05) is 56.7 Å². The summed E-state index contributed by atoms with van der Waals surface area (Å²) in [6, 6.07) is 10.2. The summed E-state index contributed by atoms with van der Waals surface area (Å²) in [5.41, 5.74) is 1.41. The van der Waals surface area contributed by atoms with Gasteiger partial charge in [0.05, 0.1) is 24.6 Å². The van der Waals surface area contributed by atoms with Crippen molar-refractivity contribution in [1.82, 2.24) is 14.8 Å². The molecule has 0 atom stereocenters. The van der Waals surface area contributed by atoms with Crippen LogP contribution in [0.15, 0.2) is 48.8 Å². The van der Waals surface area contributed by atoms with Crippen LogP contribution in [-0.2, 0) is 22.5 Å². The van der Waals surface area contributed by atoms with E-state index in [9.17, 15) is 14.9 Å². The minimum Gasteiger partial charge on any atom is -0.379 e. The van der Waals surface area contributed by atoms with Gasteiger partial charge in [0.25, 0.3) is 5.69 Å². The number of carbonyl (C=O) groups is 1. The largest absolute Gasteiger partial charge is 0.379 e. The van der Waals surface area contributed by atoms with E-state index in [1.54, 1.807) is 35.5 Å². The van der Waals surface area contributed by atoms with Crippen LogP contribution in [0.2, 0.25) is 0 Å². The lowest BCUT2D eigenvalue weighted by molar-refractivity contribution is -0.385. The van der Waals surface area contributed by atoms with Gasteiger partial charge in [-0.05, 0) is 24.1 Å². The third-order valence-electron chi connectivity index (χ3n) is 5.01. The van der Waals surface area contributed by atoms with Gasteiger partial charge in [0.2, 0.25) is 5.91 Å². The molecule has 8 nitrogen and oxygen atoms in total. The number of aromatic nitrogens is 1. The van der Waals surface area contributed by atoms with Crippen molar-refractivity contribution in [2.24, 2.45) is 0 Å². The predicted molar refractivity (Wildman–Crippen MR) is 108 cm³/mol. The zero-order valence-corrected chi connectivity index (χ0v) is 16.4. The van der Waals surface area contributed by atoms with Crippen molar-refractivity contribution in [1.29, 1.82) is 0 Å². The van der Waals surface area contributed by atoms with Crippen LogP contribution in [0.5, 0.6) is 0 Å². The summed E-state index contributed by atoms with van der Waals surface area (Å²) in [6.45, 7) is 5.27. The van der Waals surface area contributed by atoms with E-state index in [-0.39, 0.29) is 18.0 Å². The Morgan fingerprint density at radius 3 is 2.62 bits per heavy atom. The molecule has 0 N–H and O–H groups in total. The Kier molecular flexibility index (Phi) is 7.66. The summed E-state index contributed by atoms with van der Waals surface area (Å²) >= 11 is 0. The first-order valence-corrected chi connectivity index (χ1v) is 9.82. The second-order valence-electron chi connectivity index (χ2n) is 7.04. The van der Waals surface area contributed by atoms with Crippen molar-refractivity contribution >= 4 is 11.6 Å². The maximum atomic E-state index is 13.0. The number of ether oxygens (including phenoxy) is 1. The highest BCUT2D eigenvalue weighted by Crippen LogP contribution is 2.19. The molecule has 1 saturated heterocycles. The van der Waals surface area contributed by atoms with Crippen LogP contribution in [0.25, 0.3) is 0 Å². The molecular weight excluding hydrogens is 372 g/mol. The fourth-order valence-electron chi connectivity index (χ4n) is 3.42. The number of hydrogen-bond acceptors (Lipinski definition) is 6. The third kappa shape index (κ3) is 6.33. The van der Waals surface area contributed by atoms with E-state index in [1.807, 2.05) is 12.1 Å². The summed E-state index contributed by atoms with van der Waals surface area (Å²) in [4.78, 5) is 32.0. The molecule has 0 unspecified atom stereocenters. The first-order chi connectivity index (χ1) is 14.1. The minimum absolute atomic E-state index is 0.0137. The Balaban J connectivity index is 1.66. The maximum Gasteiger partial charge on any atom is 0.273 e. The first-order valence-electron chi connectivity index (χ1n) is 9.82. The Bertz CT molecular complexity index is 809. The van der Waals surface area contributed by atoms with Gasteiger partial charge in [0.1, 0.15) is 0 Å². The molecular formula is C21H26N4O4. The number of amides is 1. The van der Waals surface area contributed by atoms with Crippen LogP contribution < -0.4 is 0 Å². The number of carbonyl (C=O) groups excluding carboxylic acids is 1. The quantitative estimate of drug-likeness (QED) is 0.476. The van der Waals surface area contributed by atoms with Crippen molar-refractivity contribution in [3.8, 4) is 0 Å². The van der Waals surface area contributed by atoms with Gasteiger partial charge >= 0.3 is 0 Å². The summed E-state index contributed by atoms with van der Waals surface area (Å²) in [5, 5.41) is 11.3. The molecule has 0 spiro atoms. The Labute approximate surface area is 170 Å². The number of pyridine rings is 1. The van der Waals surface area contributed by atoms with E-state index in [2.05, 4.69) is 9.88 Å². The molecule has 29 heavy (non-hydrogen) atoms. The average Bonchev–Trinajstić information content (AvgIpc) is 2.75. The molecule has 1 aliphatic heterocycles. The molecule has 0 saturated carbocycles. The lowest BCUT2D eigenvalue weighted by atomic mass is 10.1. The van der Waals surface area contributed by atoms with Gasteiger partial charge in [-0.15, -0.1) is 0 Å². The van der Waals surface area contributed by atoms with Gasteiger partial charge in [-0.1, -0.05) is 18.2 Å². The normalized spacial score (nSPS) is 14.5. The Hall–Kier alpha value is -2.84. The van der Waals surface area contributed by atoms with E-state index < -0.39 is 4.92 Å². The fraction of sp³-hybridized carbons (Fsp3) is 0.429. The highest BCUT2D eigenvalue weighted by atomic mass is 16.6. The van der Waals surface area contributed by atoms with E-state index in [0.717, 1.165) is 44.8 Å². The molecule has 1 amide bonds. The maximum absolute atomic E-state index is 13.0. The molecule has 8 heteroatoms. The molecule has 1 aliphatic rings. The number of nitro benzene ring substituents is 1. The van der Waals surface area contributed by atoms with Crippen LogP contribution in [0.3, 0.4) is 0 Å². The number of nitro groups is 1. The summed E-state index contributed by atoms with van der Waals surface area (Å²) in [6.07, 6.45) is 4.26. The molecule has 0 bridgehead atoms. The number of para-hydroxylation sites is 1. The second kappa shape index (κ2) is 10.6. The van der Waals surface area contributed by atoms with Crippen molar-refractivity contribution in [3.63, 3.8) is 0 Å². The average molecular weight is 398 g/mol. The van der Waals surface area contributed by atoms with E-state index in [0.29, 0.717) is 18.7 Å². The smallest absolute Gasteiger partial charge is 0.273 e. The first kappa shape index (κ1) is 20.9. The van der Waals surface area contributed by atoms with Gasteiger partial charge in [-0.3, -0.25) is 24.8 Å². The summed E-state index contributed by atoms with van der Waals surface area (Å²) in [5.74, 6) is -0.113. The second-order valence-corrected chi connectivity index (χ2v) is 7.04. The van der Waals surface area contributed by atoms with E-state index in [4.69, 9.17) is 4.74 Å². The fourth-order valence-corrected chi connectivity index (χ4v) is 3.42. The lowest BCUT2D eigenvalue weighted by Gasteiger charge is -2.28. The Morgan fingerprint density at radius 1 is 1.17 bits per heavy atom. The van der Waals surface area contributed by atoms with E-state index in [1.165, 1.54) is 6.07 Å². The number of nitrogens with zero attached hydrogens (tertiary/aromatic N) is 4. The van der Waals surface area contributed by atoms with Crippen molar-refractivity contribution < 1.29 is 14.5 Å². The van der Waals surface area contributed by atoms with Gasteiger partial charge < -0.3 is 9.64 Å². The van der Waals surface area contributed by atoms with Crippen LogP contribution in [0.4, 0.5) is 5.69 Å². The lowest BCUT2D eigenvalue weighted by Crippen LogP contribution is -2.39. The molecule has 2 heterocycles. The van der Waals surface area contributed by atoms with Gasteiger partial charge in [-0.25, -0.2) is 0 Å². The topological polar surface area (TPSA) is 88.8 Å². The summed E-state index contributed by atoms with van der Waals surface area (Å²) in [7, 11) is 0. The minimum atomic E-state index is -0.436. The predicted octanol–water partition coefficient (Wildman–Crippen LogP) is 2.28. The van der Waals surface area contributed by atoms with Gasteiger partial charge in [0.15, 0.2) is 0 Å². The molecule has 0 aliphatic carbocycles. The summed E-state index contributed by atoms with van der Waals surface area (Å²) < 4.78 is 5.37. The van der Waals surface area contributed by atoms with E-state index >= 15 is 0 Å². The van der Waals surface area contributed by atoms with Crippen LogP contribution >= 0.6 is 0 Å². The molecule has 3 rings (SSSR count). The van der Waals surface area contributed by atoms with Crippen molar-refractivity contribution in [2.75, 3.05) is 39.4 Å². The SMILES string of the molecule is O=C(Cc1ccccc1[N+](=O)[O-])N(CCCN1CCOCC1)Cc1ccncc1. The molecule has 2 aromatic rings. The van der Waals surface area contributed by atoms with Crippen molar-refractivity contribution in [3.05, 3.63) is 70.0 Å². The molecule has 154 valence electrons. The highest BCUT2D eigenvalue weighted by Gasteiger charge is 2.20. The van der Waals surface area contributed by atoms with Crippen molar-refractivity contribution in [2.45, 2.75) is 19.4 Å². The Morgan fingerprint density at radius 2 is 1.90 bits per heavy atom. The standard InChI is InChI=1S/C21H26N4O4/c26-21(16-19-4-1-2-5-20(19)25(27)28)24(17-18-6-8-22-9-7-18)11-3-10-23-12-14-29-15-13-23/h1-2,4-9H,3,10-17H2. The molecule has 1 aromatic carbocycles. The number of morpholine rings is 1. The van der Waals surface area contributed by atoms with Crippen LogP contribution in [-0.4, -0.2) is 65.0 Å². The molecule has 0 radical (unpaired) electrons. The van der Waals surface area contributed by atoms with Crippen LogP contribution in [0.1, 0.15) is 17.5 Å². The van der Waals surface area contributed by atoms with Gasteiger partial charge in [-0.2, -0.15) is 0 Å². The monoisotopic (exact) mass is 398 g/mol. The third-order valence-corrected chi connectivity index (χ3v) is 5.01. The number of benzene rings is 1. The molecule has 1 fully saturated rings. The molecule has 1 aromatic heterocycles.